The van der Waals surface area contributed by atoms with Crippen LogP contribution in [0.1, 0.15) is 18.4 Å². The summed E-state index contributed by atoms with van der Waals surface area (Å²) in [6, 6.07) is 13.7. The standard InChI is InChI=1S/C19H21BrN2O3S/c1-15-7-9-18(10-8-15)26(24,25)22(17-6-4-5-16(20)13-17)14-19(23)21-11-2-3-12-21/h4-10,13H,2-3,11-12,14H2,1H3. The van der Waals surface area contributed by atoms with E-state index >= 15 is 0 Å². The predicted octanol–water partition coefficient (Wildman–Crippen LogP) is 3.58. The van der Waals surface area contributed by atoms with Gasteiger partial charge in [-0.2, -0.15) is 0 Å². The highest BCUT2D eigenvalue weighted by atomic mass is 79.9. The van der Waals surface area contributed by atoms with Gasteiger partial charge in [-0.1, -0.05) is 39.7 Å². The van der Waals surface area contributed by atoms with E-state index in [1.54, 1.807) is 47.4 Å². The zero-order valence-electron chi connectivity index (χ0n) is 14.6. The predicted molar refractivity (Wildman–Crippen MR) is 106 cm³/mol. The zero-order chi connectivity index (χ0) is 18.7. The van der Waals surface area contributed by atoms with Crippen LogP contribution in [0.25, 0.3) is 0 Å². The van der Waals surface area contributed by atoms with Gasteiger partial charge in [-0.3, -0.25) is 9.10 Å². The number of benzene rings is 2. The molecule has 0 aromatic heterocycles. The number of carbonyl (C=O) groups excluding carboxylic acids is 1. The molecule has 2 aromatic rings. The number of aryl methyl sites for hydroxylation is 1. The summed E-state index contributed by atoms with van der Waals surface area (Å²) in [4.78, 5) is 14.6. The number of nitrogens with zero attached hydrogens (tertiary/aromatic N) is 2. The fourth-order valence-electron chi connectivity index (χ4n) is 2.97. The molecule has 2 aromatic carbocycles. The molecule has 7 heteroatoms. The number of sulfonamides is 1. The minimum absolute atomic E-state index is 0.168. The van der Waals surface area contributed by atoms with Crippen molar-refractivity contribution in [2.45, 2.75) is 24.7 Å². The van der Waals surface area contributed by atoms with Gasteiger partial charge in [-0.25, -0.2) is 8.42 Å². The first-order chi connectivity index (χ1) is 12.4. The average Bonchev–Trinajstić information content (AvgIpc) is 3.14. The number of hydrogen-bond acceptors (Lipinski definition) is 3. The van der Waals surface area contributed by atoms with E-state index in [4.69, 9.17) is 0 Å². The summed E-state index contributed by atoms with van der Waals surface area (Å²) in [5.41, 5.74) is 1.44. The number of likely N-dealkylation sites (tertiary alicyclic amines) is 1. The molecule has 0 saturated carbocycles. The van der Waals surface area contributed by atoms with E-state index in [1.807, 2.05) is 13.0 Å². The Balaban J connectivity index is 1.99. The molecule has 0 bridgehead atoms. The summed E-state index contributed by atoms with van der Waals surface area (Å²) in [6.45, 7) is 3.08. The van der Waals surface area contributed by atoms with Gasteiger partial charge < -0.3 is 4.90 Å². The van der Waals surface area contributed by atoms with Crippen LogP contribution in [0.3, 0.4) is 0 Å². The highest BCUT2D eigenvalue weighted by Crippen LogP contribution is 2.27. The van der Waals surface area contributed by atoms with Crippen molar-refractivity contribution in [1.29, 1.82) is 0 Å². The fourth-order valence-corrected chi connectivity index (χ4v) is 4.77. The first-order valence-corrected chi connectivity index (χ1v) is 10.7. The van der Waals surface area contributed by atoms with Crippen LogP contribution in [0, 0.1) is 6.92 Å². The lowest BCUT2D eigenvalue weighted by atomic mass is 10.2. The molecule has 26 heavy (non-hydrogen) atoms. The zero-order valence-corrected chi connectivity index (χ0v) is 17.0. The Morgan fingerprint density at radius 1 is 1.12 bits per heavy atom. The molecule has 0 N–H and O–H groups in total. The Kier molecular flexibility index (Phi) is 5.67. The van der Waals surface area contributed by atoms with E-state index < -0.39 is 10.0 Å². The maximum Gasteiger partial charge on any atom is 0.264 e. The number of halogens is 1. The van der Waals surface area contributed by atoms with E-state index in [-0.39, 0.29) is 17.3 Å². The third-order valence-corrected chi connectivity index (χ3v) is 6.72. The molecule has 1 heterocycles. The first-order valence-electron chi connectivity index (χ1n) is 8.51. The maximum absolute atomic E-state index is 13.2. The number of carbonyl (C=O) groups is 1. The van der Waals surface area contributed by atoms with E-state index in [1.165, 1.54) is 4.31 Å². The van der Waals surface area contributed by atoms with Crippen LogP contribution < -0.4 is 4.31 Å². The van der Waals surface area contributed by atoms with E-state index in [0.29, 0.717) is 18.8 Å². The van der Waals surface area contributed by atoms with Crippen LogP contribution in [0.15, 0.2) is 57.9 Å². The molecule has 0 unspecified atom stereocenters. The Bertz CT molecular complexity index is 891. The van der Waals surface area contributed by atoms with Gasteiger partial charge in [0.2, 0.25) is 5.91 Å². The van der Waals surface area contributed by atoms with Crippen LogP contribution in [-0.2, 0) is 14.8 Å². The van der Waals surface area contributed by atoms with E-state index in [9.17, 15) is 13.2 Å². The van der Waals surface area contributed by atoms with Crippen LogP contribution in [0.2, 0.25) is 0 Å². The lowest BCUT2D eigenvalue weighted by Crippen LogP contribution is -2.42. The minimum Gasteiger partial charge on any atom is -0.341 e. The number of anilines is 1. The third kappa shape index (κ3) is 4.10. The molecule has 1 aliphatic heterocycles. The van der Waals surface area contributed by atoms with Crippen LogP contribution >= 0.6 is 15.9 Å². The van der Waals surface area contributed by atoms with Crippen molar-refractivity contribution in [2.24, 2.45) is 0 Å². The fraction of sp³-hybridized carbons (Fsp3) is 0.316. The molecular formula is C19H21BrN2O3S. The summed E-state index contributed by atoms with van der Waals surface area (Å²) in [7, 11) is -3.85. The average molecular weight is 437 g/mol. The second kappa shape index (κ2) is 7.80. The number of amides is 1. The van der Waals surface area contributed by atoms with E-state index in [0.717, 1.165) is 22.9 Å². The smallest absolute Gasteiger partial charge is 0.264 e. The summed E-state index contributed by atoms with van der Waals surface area (Å²) >= 11 is 3.38. The van der Waals surface area contributed by atoms with Crippen molar-refractivity contribution in [3.8, 4) is 0 Å². The van der Waals surface area contributed by atoms with Crippen molar-refractivity contribution < 1.29 is 13.2 Å². The molecule has 5 nitrogen and oxygen atoms in total. The lowest BCUT2D eigenvalue weighted by Gasteiger charge is -2.26. The van der Waals surface area contributed by atoms with Crippen molar-refractivity contribution in [2.75, 3.05) is 23.9 Å². The second-order valence-corrected chi connectivity index (χ2v) is 9.17. The minimum atomic E-state index is -3.85. The Morgan fingerprint density at radius 3 is 2.38 bits per heavy atom. The highest BCUT2D eigenvalue weighted by molar-refractivity contribution is 9.10. The van der Waals surface area contributed by atoms with Crippen LogP contribution in [0.4, 0.5) is 5.69 Å². The molecular weight excluding hydrogens is 416 g/mol. The van der Waals surface area contributed by atoms with Gasteiger partial charge in [0.15, 0.2) is 0 Å². The molecule has 3 rings (SSSR count). The first kappa shape index (κ1) is 18.9. The Hall–Kier alpha value is -1.86. The molecule has 0 atom stereocenters. The molecule has 1 saturated heterocycles. The normalized spacial score (nSPS) is 14.5. The van der Waals surface area contributed by atoms with Gasteiger partial charge in [-0.05, 0) is 50.1 Å². The van der Waals surface area contributed by atoms with Crippen molar-refractivity contribution >= 4 is 37.5 Å². The molecule has 0 radical (unpaired) electrons. The summed E-state index contributed by atoms with van der Waals surface area (Å²) < 4.78 is 28.4. The summed E-state index contributed by atoms with van der Waals surface area (Å²) in [5.74, 6) is -0.168. The quantitative estimate of drug-likeness (QED) is 0.719. The van der Waals surface area contributed by atoms with Gasteiger partial charge in [0, 0.05) is 17.6 Å². The van der Waals surface area contributed by atoms with Gasteiger partial charge in [-0.15, -0.1) is 0 Å². The van der Waals surface area contributed by atoms with Gasteiger partial charge in [0.25, 0.3) is 10.0 Å². The lowest BCUT2D eigenvalue weighted by molar-refractivity contribution is -0.128. The van der Waals surface area contributed by atoms with Crippen molar-refractivity contribution in [3.05, 3.63) is 58.6 Å². The SMILES string of the molecule is Cc1ccc(S(=O)(=O)N(CC(=O)N2CCCC2)c2cccc(Br)c2)cc1. The second-order valence-electron chi connectivity index (χ2n) is 6.39. The molecule has 1 amide bonds. The van der Waals surface area contributed by atoms with Gasteiger partial charge in [0.05, 0.1) is 10.6 Å². The van der Waals surface area contributed by atoms with Crippen LogP contribution in [-0.4, -0.2) is 38.9 Å². The summed E-state index contributed by atoms with van der Waals surface area (Å²) in [6.07, 6.45) is 1.93. The van der Waals surface area contributed by atoms with Gasteiger partial charge in [0.1, 0.15) is 6.54 Å². The molecule has 1 fully saturated rings. The number of rotatable bonds is 5. The summed E-state index contributed by atoms with van der Waals surface area (Å²) in [5, 5.41) is 0. The molecule has 0 spiro atoms. The molecule has 138 valence electrons. The Labute approximate surface area is 162 Å². The number of hydrogen-bond donors (Lipinski definition) is 0. The van der Waals surface area contributed by atoms with Crippen LogP contribution in [0.5, 0.6) is 0 Å². The van der Waals surface area contributed by atoms with Crippen molar-refractivity contribution in [1.82, 2.24) is 4.90 Å². The topological polar surface area (TPSA) is 57.7 Å². The monoisotopic (exact) mass is 436 g/mol. The highest BCUT2D eigenvalue weighted by Gasteiger charge is 2.29. The largest absolute Gasteiger partial charge is 0.341 e. The van der Waals surface area contributed by atoms with Gasteiger partial charge >= 0.3 is 0 Å². The third-order valence-electron chi connectivity index (χ3n) is 4.44. The molecule has 1 aliphatic rings. The molecule has 0 aliphatic carbocycles. The maximum atomic E-state index is 13.2. The Morgan fingerprint density at radius 2 is 1.77 bits per heavy atom. The van der Waals surface area contributed by atoms with E-state index in [2.05, 4.69) is 15.9 Å². The van der Waals surface area contributed by atoms with Crippen molar-refractivity contribution in [3.63, 3.8) is 0 Å².